The Labute approximate surface area is 113 Å². The zero-order chi connectivity index (χ0) is 13.8. The summed E-state index contributed by atoms with van der Waals surface area (Å²) in [4.78, 5) is 11.6. The number of hydrogen-bond donors (Lipinski definition) is 2. The predicted octanol–water partition coefficient (Wildman–Crippen LogP) is 0.867. The van der Waals surface area contributed by atoms with Crippen LogP contribution in [0.5, 0.6) is 0 Å². The first-order valence-corrected chi connectivity index (χ1v) is 7.45. The Morgan fingerprint density at radius 1 is 1.44 bits per heavy atom. The molecular weight excluding hydrogens is 327 g/mol. The highest BCUT2D eigenvalue weighted by atomic mass is 79.9. The molecule has 5 nitrogen and oxygen atoms in total. The second-order valence-electron chi connectivity index (χ2n) is 3.40. The topological polar surface area (TPSA) is 75.3 Å². The van der Waals surface area contributed by atoms with Crippen LogP contribution in [0.4, 0.5) is 4.39 Å². The average Bonchev–Trinajstić information content (AvgIpc) is 2.32. The molecule has 0 unspecified atom stereocenters. The molecule has 0 heterocycles. The van der Waals surface area contributed by atoms with Crippen LogP contribution in [0.15, 0.2) is 22.7 Å². The molecule has 8 heteroatoms. The lowest BCUT2D eigenvalue weighted by Crippen LogP contribution is -2.33. The second kappa shape index (κ2) is 6.26. The Kier molecular flexibility index (Phi) is 5.24. The molecule has 1 rings (SSSR count). The molecule has 18 heavy (non-hydrogen) atoms. The fourth-order valence-corrected chi connectivity index (χ4v) is 2.10. The van der Waals surface area contributed by atoms with Crippen molar-refractivity contribution >= 4 is 31.9 Å². The molecule has 0 aliphatic heterocycles. The molecule has 1 amide bonds. The monoisotopic (exact) mass is 338 g/mol. The van der Waals surface area contributed by atoms with Crippen molar-refractivity contribution in [2.75, 3.05) is 19.3 Å². The molecule has 0 fully saturated rings. The lowest BCUT2D eigenvalue weighted by atomic mass is 10.2. The van der Waals surface area contributed by atoms with E-state index < -0.39 is 21.7 Å². The second-order valence-corrected chi connectivity index (χ2v) is 6.36. The van der Waals surface area contributed by atoms with Gasteiger partial charge in [0, 0.05) is 11.0 Å². The zero-order valence-electron chi connectivity index (χ0n) is 9.54. The highest BCUT2D eigenvalue weighted by molar-refractivity contribution is 9.10. The van der Waals surface area contributed by atoms with E-state index in [1.54, 1.807) is 0 Å². The summed E-state index contributed by atoms with van der Waals surface area (Å²) in [6, 6.07) is 3.96. The van der Waals surface area contributed by atoms with E-state index in [-0.39, 0.29) is 17.9 Å². The van der Waals surface area contributed by atoms with Gasteiger partial charge in [-0.2, -0.15) is 0 Å². The van der Waals surface area contributed by atoms with Gasteiger partial charge in [0.1, 0.15) is 5.82 Å². The van der Waals surface area contributed by atoms with Gasteiger partial charge in [-0.05, 0) is 25.2 Å². The lowest BCUT2D eigenvalue weighted by molar-refractivity contribution is 0.0952. The Hall–Kier alpha value is -0.990. The van der Waals surface area contributed by atoms with Gasteiger partial charge in [-0.3, -0.25) is 4.79 Å². The van der Waals surface area contributed by atoms with Gasteiger partial charge < -0.3 is 5.32 Å². The minimum Gasteiger partial charge on any atom is -0.351 e. The summed E-state index contributed by atoms with van der Waals surface area (Å²) in [7, 11) is -2.10. The molecule has 0 bridgehead atoms. The quantitative estimate of drug-likeness (QED) is 0.836. The van der Waals surface area contributed by atoms with E-state index in [1.165, 1.54) is 19.2 Å². The number of benzene rings is 1. The molecule has 0 aliphatic carbocycles. The van der Waals surface area contributed by atoms with Crippen molar-refractivity contribution < 1.29 is 17.6 Å². The summed E-state index contributed by atoms with van der Waals surface area (Å²) in [6.45, 7) is -0.0893. The average molecular weight is 339 g/mol. The van der Waals surface area contributed by atoms with Crippen LogP contribution < -0.4 is 10.0 Å². The van der Waals surface area contributed by atoms with Gasteiger partial charge in [0.2, 0.25) is 10.0 Å². The predicted molar refractivity (Wildman–Crippen MR) is 69.3 cm³/mol. The molecule has 2 N–H and O–H groups in total. The first kappa shape index (κ1) is 15.1. The van der Waals surface area contributed by atoms with E-state index in [9.17, 15) is 17.6 Å². The Bertz CT molecular complexity index is 548. The highest BCUT2D eigenvalue weighted by Crippen LogP contribution is 2.15. The van der Waals surface area contributed by atoms with E-state index in [4.69, 9.17) is 0 Å². The number of carbonyl (C=O) groups is 1. The van der Waals surface area contributed by atoms with E-state index in [0.29, 0.717) is 4.47 Å². The van der Waals surface area contributed by atoms with Crippen molar-refractivity contribution in [2.45, 2.75) is 0 Å². The van der Waals surface area contributed by atoms with E-state index >= 15 is 0 Å². The summed E-state index contributed by atoms with van der Waals surface area (Å²) in [6.07, 6.45) is 0. The molecule has 0 saturated carbocycles. The first-order valence-electron chi connectivity index (χ1n) is 5.00. The summed E-state index contributed by atoms with van der Waals surface area (Å²) in [5, 5.41) is 2.34. The van der Waals surface area contributed by atoms with Gasteiger partial charge in [-0.1, -0.05) is 15.9 Å². The fraction of sp³-hybridized carbons (Fsp3) is 0.300. The van der Waals surface area contributed by atoms with Crippen LogP contribution in [-0.2, 0) is 10.0 Å². The van der Waals surface area contributed by atoms with Crippen LogP contribution in [0.2, 0.25) is 0 Å². The van der Waals surface area contributed by atoms with Crippen LogP contribution in [0, 0.1) is 5.82 Å². The van der Waals surface area contributed by atoms with Crippen molar-refractivity contribution in [1.82, 2.24) is 10.0 Å². The molecule has 1 aromatic carbocycles. The van der Waals surface area contributed by atoms with Crippen LogP contribution in [0.1, 0.15) is 10.4 Å². The van der Waals surface area contributed by atoms with Gasteiger partial charge in [0.25, 0.3) is 5.91 Å². The Balaban J connectivity index is 2.64. The molecule has 0 radical (unpaired) electrons. The van der Waals surface area contributed by atoms with Gasteiger partial charge in [-0.25, -0.2) is 17.5 Å². The minimum absolute atomic E-state index is 0.0893. The number of carbonyl (C=O) groups excluding carboxylic acids is 1. The third-order valence-corrected chi connectivity index (χ3v) is 4.00. The van der Waals surface area contributed by atoms with Gasteiger partial charge in [0.05, 0.1) is 11.3 Å². The number of amides is 1. The molecule has 0 aromatic heterocycles. The molecule has 0 saturated heterocycles. The number of nitrogens with one attached hydrogen (secondary N) is 2. The maximum absolute atomic E-state index is 13.3. The largest absolute Gasteiger partial charge is 0.351 e. The number of hydrogen-bond acceptors (Lipinski definition) is 3. The maximum atomic E-state index is 13.3. The summed E-state index contributed by atoms with van der Waals surface area (Å²) < 4.78 is 38.2. The molecule has 0 aliphatic rings. The van der Waals surface area contributed by atoms with Gasteiger partial charge >= 0.3 is 0 Å². The lowest BCUT2D eigenvalue weighted by Gasteiger charge is -2.06. The van der Waals surface area contributed by atoms with E-state index in [2.05, 4.69) is 26.0 Å². The van der Waals surface area contributed by atoms with E-state index in [1.807, 2.05) is 0 Å². The standard InChI is InChI=1S/C10H12BrFN2O3S/c1-13-18(16,17)5-4-14-10(15)8-6-7(11)2-3-9(8)12/h2-3,6,13H,4-5H2,1H3,(H,14,15). The summed E-state index contributed by atoms with van der Waals surface area (Å²) in [5.74, 6) is -1.57. The van der Waals surface area contributed by atoms with Crippen molar-refractivity contribution in [3.8, 4) is 0 Å². The molecule has 1 aromatic rings. The Morgan fingerprint density at radius 2 is 2.11 bits per heavy atom. The molecular formula is C10H12BrFN2O3S. The van der Waals surface area contributed by atoms with E-state index in [0.717, 1.165) is 6.07 Å². The first-order chi connectivity index (χ1) is 8.35. The zero-order valence-corrected chi connectivity index (χ0v) is 11.9. The van der Waals surface area contributed by atoms with Crippen LogP contribution in [0.25, 0.3) is 0 Å². The molecule has 0 atom stereocenters. The Morgan fingerprint density at radius 3 is 2.72 bits per heavy atom. The van der Waals surface area contributed by atoms with Gasteiger partial charge in [0.15, 0.2) is 0 Å². The summed E-state index contributed by atoms with van der Waals surface area (Å²) in [5.41, 5.74) is -0.133. The molecule has 100 valence electrons. The van der Waals surface area contributed by atoms with Crippen molar-refractivity contribution in [3.05, 3.63) is 34.1 Å². The van der Waals surface area contributed by atoms with Crippen LogP contribution in [0.3, 0.4) is 0 Å². The van der Waals surface area contributed by atoms with Crippen molar-refractivity contribution in [2.24, 2.45) is 0 Å². The van der Waals surface area contributed by atoms with Crippen LogP contribution in [-0.4, -0.2) is 33.7 Å². The van der Waals surface area contributed by atoms with Crippen molar-refractivity contribution in [3.63, 3.8) is 0 Å². The number of rotatable bonds is 5. The normalized spacial score (nSPS) is 11.3. The smallest absolute Gasteiger partial charge is 0.254 e. The number of sulfonamides is 1. The SMILES string of the molecule is CNS(=O)(=O)CCNC(=O)c1cc(Br)ccc1F. The fourth-order valence-electron chi connectivity index (χ4n) is 1.17. The molecule has 0 spiro atoms. The van der Waals surface area contributed by atoms with Crippen LogP contribution >= 0.6 is 15.9 Å². The minimum atomic E-state index is -3.38. The third kappa shape index (κ3) is 4.35. The number of halogens is 2. The van der Waals surface area contributed by atoms with Crippen molar-refractivity contribution in [1.29, 1.82) is 0 Å². The third-order valence-electron chi connectivity index (χ3n) is 2.14. The maximum Gasteiger partial charge on any atom is 0.254 e. The highest BCUT2D eigenvalue weighted by Gasteiger charge is 2.13. The summed E-state index contributed by atoms with van der Waals surface area (Å²) >= 11 is 3.12. The van der Waals surface area contributed by atoms with Gasteiger partial charge in [-0.15, -0.1) is 0 Å².